The Labute approximate surface area is 149 Å². The van der Waals surface area contributed by atoms with Crippen LogP contribution in [0.15, 0.2) is 36.7 Å². The minimum atomic E-state index is -0.386. The normalized spacial score (nSPS) is 16.1. The molecule has 1 aliphatic heterocycles. The number of hydrogen-bond donors (Lipinski definition) is 2. The van der Waals surface area contributed by atoms with Gasteiger partial charge >= 0.3 is 0 Å². The molecule has 2 heterocycles. The molecule has 1 aliphatic rings. The van der Waals surface area contributed by atoms with Crippen molar-refractivity contribution in [3.8, 4) is 0 Å². The summed E-state index contributed by atoms with van der Waals surface area (Å²) in [5, 5.41) is 10.2. The van der Waals surface area contributed by atoms with Crippen molar-refractivity contribution >= 4 is 5.91 Å². The highest BCUT2D eigenvalue weighted by molar-refractivity contribution is 5.83. The lowest BCUT2D eigenvalue weighted by Crippen LogP contribution is -2.35. The zero-order valence-corrected chi connectivity index (χ0v) is 15.0. The summed E-state index contributed by atoms with van der Waals surface area (Å²) < 4.78 is 1.70. The summed E-state index contributed by atoms with van der Waals surface area (Å²) in [5.41, 5.74) is 3.31. The second-order valence-corrected chi connectivity index (χ2v) is 6.69. The number of amides is 1. The number of nitrogens with one attached hydrogen (secondary N) is 2. The van der Waals surface area contributed by atoms with Crippen LogP contribution in [0.1, 0.15) is 35.6 Å². The second kappa shape index (κ2) is 8.27. The van der Waals surface area contributed by atoms with Crippen molar-refractivity contribution in [2.75, 3.05) is 20.1 Å². The van der Waals surface area contributed by atoms with Crippen LogP contribution in [-0.2, 0) is 24.9 Å². The van der Waals surface area contributed by atoms with E-state index in [9.17, 15) is 4.79 Å². The average Bonchev–Trinajstić information content (AvgIpc) is 3.27. The van der Waals surface area contributed by atoms with Crippen molar-refractivity contribution < 1.29 is 4.79 Å². The van der Waals surface area contributed by atoms with Gasteiger partial charge in [0, 0.05) is 31.9 Å². The highest BCUT2D eigenvalue weighted by atomic mass is 16.2. The van der Waals surface area contributed by atoms with Gasteiger partial charge in [0.1, 0.15) is 6.04 Å². The molecule has 1 atom stereocenters. The molecule has 3 rings (SSSR count). The summed E-state index contributed by atoms with van der Waals surface area (Å²) in [6.45, 7) is 3.96. The van der Waals surface area contributed by atoms with E-state index in [1.54, 1.807) is 17.9 Å². The number of carbonyl (C=O) groups excluding carboxylic acids is 1. The Hall–Kier alpha value is -2.18. The van der Waals surface area contributed by atoms with Gasteiger partial charge in [0.15, 0.2) is 0 Å². The van der Waals surface area contributed by atoms with Gasteiger partial charge in [0.25, 0.3) is 0 Å². The summed E-state index contributed by atoms with van der Waals surface area (Å²) in [6.07, 6.45) is 6.20. The molecule has 0 aliphatic carbocycles. The van der Waals surface area contributed by atoms with Crippen LogP contribution in [-0.4, -0.2) is 40.7 Å². The topological polar surface area (TPSA) is 62.2 Å². The number of likely N-dealkylation sites (N-methyl/N-ethyl adjacent to an activating group) is 1. The molecule has 0 spiro atoms. The lowest BCUT2D eigenvalue weighted by molar-refractivity contribution is -0.123. The zero-order valence-electron chi connectivity index (χ0n) is 15.0. The van der Waals surface area contributed by atoms with E-state index < -0.39 is 0 Å². The minimum absolute atomic E-state index is 0.0448. The predicted octanol–water partition coefficient (Wildman–Crippen LogP) is 1.59. The van der Waals surface area contributed by atoms with E-state index in [1.807, 2.05) is 13.2 Å². The van der Waals surface area contributed by atoms with Crippen molar-refractivity contribution in [2.24, 2.45) is 7.05 Å². The van der Waals surface area contributed by atoms with Crippen molar-refractivity contribution in [3.05, 3.63) is 53.3 Å². The first-order valence-corrected chi connectivity index (χ1v) is 8.89. The Bertz CT molecular complexity index is 688. The van der Waals surface area contributed by atoms with Gasteiger partial charge in [-0.2, -0.15) is 5.10 Å². The second-order valence-electron chi connectivity index (χ2n) is 6.69. The van der Waals surface area contributed by atoms with Crippen LogP contribution in [0.25, 0.3) is 0 Å². The maximum atomic E-state index is 12.4. The Morgan fingerprint density at radius 3 is 2.48 bits per heavy atom. The number of likely N-dealkylation sites (tertiary alicyclic amines) is 1. The molecule has 2 aromatic rings. The van der Waals surface area contributed by atoms with E-state index >= 15 is 0 Å². The fourth-order valence-electron chi connectivity index (χ4n) is 3.29. The standard InChI is InChI=1S/C19H27N5O/c1-20-18(17-12-22-23(2)14-17)19(25)21-11-15-5-7-16(8-6-15)13-24-9-3-4-10-24/h5-8,12,14,18,20H,3-4,9-11,13H2,1-2H3,(H,21,25). The van der Waals surface area contributed by atoms with Gasteiger partial charge in [-0.05, 0) is 44.1 Å². The van der Waals surface area contributed by atoms with Crippen molar-refractivity contribution in [2.45, 2.75) is 32.0 Å². The van der Waals surface area contributed by atoms with Gasteiger partial charge in [-0.1, -0.05) is 24.3 Å². The fraction of sp³-hybridized carbons (Fsp3) is 0.474. The number of carbonyl (C=O) groups is 1. The molecule has 1 fully saturated rings. The van der Waals surface area contributed by atoms with Crippen LogP contribution in [0.5, 0.6) is 0 Å². The van der Waals surface area contributed by atoms with Crippen molar-refractivity contribution in [3.63, 3.8) is 0 Å². The summed E-state index contributed by atoms with van der Waals surface area (Å²) in [4.78, 5) is 14.9. The number of aromatic nitrogens is 2. The lowest BCUT2D eigenvalue weighted by atomic mass is 10.1. The van der Waals surface area contributed by atoms with E-state index in [2.05, 4.69) is 44.9 Å². The average molecular weight is 341 g/mol. The molecule has 1 aromatic heterocycles. The Morgan fingerprint density at radius 2 is 1.88 bits per heavy atom. The molecular formula is C19H27N5O. The van der Waals surface area contributed by atoms with E-state index in [1.165, 1.54) is 31.5 Å². The lowest BCUT2D eigenvalue weighted by Gasteiger charge is -2.16. The van der Waals surface area contributed by atoms with Crippen LogP contribution in [0.2, 0.25) is 0 Å². The van der Waals surface area contributed by atoms with Crippen LogP contribution in [0.4, 0.5) is 0 Å². The minimum Gasteiger partial charge on any atom is -0.350 e. The van der Waals surface area contributed by atoms with Crippen molar-refractivity contribution in [1.29, 1.82) is 0 Å². The van der Waals surface area contributed by atoms with E-state index in [0.29, 0.717) is 6.54 Å². The third kappa shape index (κ3) is 4.67. The molecule has 6 heteroatoms. The number of benzene rings is 1. The van der Waals surface area contributed by atoms with Crippen LogP contribution in [0.3, 0.4) is 0 Å². The number of nitrogens with zero attached hydrogens (tertiary/aromatic N) is 3. The highest BCUT2D eigenvalue weighted by Gasteiger charge is 2.19. The molecule has 0 bridgehead atoms. The van der Waals surface area contributed by atoms with E-state index in [4.69, 9.17) is 0 Å². The number of hydrogen-bond acceptors (Lipinski definition) is 4. The summed E-state index contributed by atoms with van der Waals surface area (Å²) in [6, 6.07) is 8.14. The molecule has 25 heavy (non-hydrogen) atoms. The van der Waals surface area contributed by atoms with Gasteiger partial charge < -0.3 is 10.6 Å². The summed E-state index contributed by atoms with van der Waals surface area (Å²) in [5.74, 6) is -0.0448. The maximum Gasteiger partial charge on any atom is 0.242 e. The first-order chi connectivity index (χ1) is 12.2. The van der Waals surface area contributed by atoms with Crippen LogP contribution < -0.4 is 10.6 Å². The van der Waals surface area contributed by atoms with Gasteiger partial charge in [-0.3, -0.25) is 14.4 Å². The number of aryl methyl sites for hydroxylation is 1. The van der Waals surface area contributed by atoms with Gasteiger partial charge in [-0.15, -0.1) is 0 Å². The molecule has 134 valence electrons. The Morgan fingerprint density at radius 1 is 1.20 bits per heavy atom. The first-order valence-electron chi connectivity index (χ1n) is 8.89. The summed E-state index contributed by atoms with van der Waals surface area (Å²) in [7, 11) is 3.63. The molecule has 0 saturated carbocycles. The van der Waals surface area contributed by atoms with Gasteiger partial charge in [0.05, 0.1) is 6.20 Å². The van der Waals surface area contributed by atoms with E-state index in [0.717, 1.165) is 17.7 Å². The fourth-order valence-corrected chi connectivity index (χ4v) is 3.29. The molecule has 2 N–H and O–H groups in total. The highest BCUT2D eigenvalue weighted by Crippen LogP contribution is 2.14. The van der Waals surface area contributed by atoms with Gasteiger partial charge in [0.2, 0.25) is 5.91 Å². The molecule has 1 amide bonds. The molecule has 1 unspecified atom stereocenters. The SMILES string of the molecule is CNC(C(=O)NCc1ccc(CN2CCCC2)cc1)c1cnn(C)c1. The van der Waals surface area contributed by atoms with Gasteiger partial charge in [-0.25, -0.2) is 0 Å². The third-order valence-corrected chi connectivity index (χ3v) is 4.70. The Balaban J connectivity index is 1.52. The van der Waals surface area contributed by atoms with Crippen LogP contribution >= 0.6 is 0 Å². The third-order valence-electron chi connectivity index (χ3n) is 4.70. The maximum absolute atomic E-state index is 12.4. The van der Waals surface area contributed by atoms with Crippen LogP contribution in [0, 0.1) is 0 Å². The molecule has 1 saturated heterocycles. The Kier molecular flexibility index (Phi) is 5.83. The largest absolute Gasteiger partial charge is 0.350 e. The predicted molar refractivity (Wildman–Crippen MR) is 97.8 cm³/mol. The smallest absolute Gasteiger partial charge is 0.242 e. The van der Waals surface area contributed by atoms with E-state index in [-0.39, 0.29) is 11.9 Å². The molecule has 6 nitrogen and oxygen atoms in total. The molecular weight excluding hydrogens is 314 g/mol. The first kappa shape index (κ1) is 17.6. The quantitative estimate of drug-likeness (QED) is 0.803. The van der Waals surface area contributed by atoms with Crippen molar-refractivity contribution in [1.82, 2.24) is 25.3 Å². The number of rotatable bonds is 7. The monoisotopic (exact) mass is 341 g/mol. The summed E-state index contributed by atoms with van der Waals surface area (Å²) >= 11 is 0. The molecule has 1 aromatic carbocycles. The zero-order chi connectivity index (χ0) is 17.6. The molecule has 0 radical (unpaired) electrons.